The second-order valence-electron chi connectivity index (χ2n) is 4.15. The van der Waals surface area contributed by atoms with E-state index in [-0.39, 0.29) is 5.91 Å². The molecule has 3 nitrogen and oxygen atoms in total. The number of carbonyl (C=O) groups is 1. The van der Waals surface area contributed by atoms with Crippen LogP contribution in [0.4, 0.5) is 5.69 Å². The average molecular weight is 305 g/mol. The van der Waals surface area contributed by atoms with Crippen LogP contribution >= 0.6 is 23.2 Å². The maximum absolute atomic E-state index is 12.4. The molecule has 2 rings (SSSR count). The highest BCUT2D eigenvalue weighted by Crippen LogP contribution is 2.23. The fraction of sp³-hybridized carbons (Fsp3) is 0.0667. The Morgan fingerprint density at radius 3 is 2.35 bits per heavy atom. The molecule has 5 heteroatoms. The molecule has 0 aliphatic heterocycles. The van der Waals surface area contributed by atoms with Crippen molar-refractivity contribution in [1.82, 2.24) is 0 Å². The minimum absolute atomic E-state index is 0.280. The fourth-order valence-electron chi connectivity index (χ4n) is 1.84. The monoisotopic (exact) mass is 304 g/mol. The lowest BCUT2D eigenvalue weighted by Crippen LogP contribution is -2.26. The van der Waals surface area contributed by atoms with Crippen LogP contribution in [0.3, 0.4) is 0 Å². The van der Waals surface area contributed by atoms with E-state index in [0.29, 0.717) is 26.9 Å². The predicted molar refractivity (Wildman–Crippen MR) is 80.4 cm³/mol. The first-order valence-electron chi connectivity index (χ1n) is 5.76. The number of rotatable bonds is 2. The first-order chi connectivity index (χ1) is 9.52. The van der Waals surface area contributed by atoms with Crippen molar-refractivity contribution in [3.8, 4) is 6.07 Å². The molecule has 0 aromatic heterocycles. The number of benzene rings is 2. The topological polar surface area (TPSA) is 44.1 Å². The van der Waals surface area contributed by atoms with Crippen LogP contribution in [0.1, 0.15) is 15.9 Å². The second kappa shape index (κ2) is 5.96. The van der Waals surface area contributed by atoms with Crippen molar-refractivity contribution < 1.29 is 4.79 Å². The second-order valence-corrected chi connectivity index (χ2v) is 5.02. The first kappa shape index (κ1) is 14.4. The summed E-state index contributed by atoms with van der Waals surface area (Å²) >= 11 is 11.8. The molecule has 0 aliphatic rings. The van der Waals surface area contributed by atoms with Gasteiger partial charge in [0.1, 0.15) is 6.07 Å². The summed E-state index contributed by atoms with van der Waals surface area (Å²) in [5, 5.41) is 9.86. The van der Waals surface area contributed by atoms with Gasteiger partial charge in [-0.2, -0.15) is 5.26 Å². The van der Waals surface area contributed by atoms with Crippen molar-refractivity contribution in [3.63, 3.8) is 0 Å². The standard InChI is InChI=1S/C15H10Cl2N2O/c1-19(14-5-3-2-4-10(14)9-18)15(20)11-6-12(16)8-13(17)7-11/h2-8H,1H3. The molecule has 0 aliphatic carbocycles. The van der Waals surface area contributed by atoms with Crippen molar-refractivity contribution in [2.45, 2.75) is 0 Å². The van der Waals surface area contributed by atoms with Crippen molar-refractivity contribution in [2.24, 2.45) is 0 Å². The van der Waals surface area contributed by atoms with Crippen LogP contribution in [0.15, 0.2) is 42.5 Å². The summed E-state index contributed by atoms with van der Waals surface area (Å²) in [7, 11) is 1.60. The van der Waals surface area contributed by atoms with Crippen LogP contribution in [0, 0.1) is 11.3 Å². The fourth-order valence-corrected chi connectivity index (χ4v) is 2.37. The number of nitriles is 1. The number of anilines is 1. The first-order valence-corrected chi connectivity index (χ1v) is 6.52. The van der Waals surface area contributed by atoms with Gasteiger partial charge in [-0.3, -0.25) is 4.79 Å². The lowest BCUT2D eigenvalue weighted by Gasteiger charge is -2.18. The molecule has 0 atom stereocenters. The SMILES string of the molecule is CN(C(=O)c1cc(Cl)cc(Cl)c1)c1ccccc1C#N. The van der Waals surface area contributed by atoms with Gasteiger partial charge in [-0.15, -0.1) is 0 Å². The Balaban J connectivity index is 2.40. The van der Waals surface area contributed by atoms with Crippen LogP contribution in [0.25, 0.3) is 0 Å². The number of halogens is 2. The Morgan fingerprint density at radius 2 is 1.75 bits per heavy atom. The van der Waals surface area contributed by atoms with Gasteiger partial charge in [0.2, 0.25) is 0 Å². The number of amides is 1. The zero-order valence-corrected chi connectivity index (χ0v) is 12.1. The molecular weight excluding hydrogens is 295 g/mol. The van der Waals surface area contributed by atoms with Gasteiger partial charge in [0.25, 0.3) is 5.91 Å². The highest BCUT2D eigenvalue weighted by atomic mass is 35.5. The lowest BCUT2D eigenvalue weighted by atomic mass is 10.1. The molecule has 0 radical (unpaired) electrons. The van der Waals surface area contributed by atoms with E-state index in [2.05, 4.69) is 6.07 Å². The van der Waals surface area contributed by atoms with Crippen molar-refractivity contribution in [1.29, 1.82) is 5.26 Å². The highest BCUT2D eigenvalue weighted by Gasteiger charge is 2.17. The van der Waals surface area contributed by atoms with Crippen LogP contribution in [-0.2, 0) is 0 Å². The van der Waals surface area contributed by atoms with Crippen molar-refractivity contribution in [3.05, 3.63) is 63.6 Å². The van der Waals surface area contributed by atoms with Crippen LogP contribution < -0.4 is 4.90 Å². The molecule has 0 heterocycles. The summed E-state index contributed by atoms with van der Waals surface area (Å²) in [6.45, 7) is 0. The van der Waals surface area contributed by atoms with Crippen LogP contribution in [-0.4, -0.2) is 13.0 Å². The molecule has 1 amide bonds. The number of nitrogens with zero attached hydrogens (tertiary/aromatic N) is 2. The summed E-state index contributed by atoms with van der Waals surface area (Å²) in [6, 6.07) is 13.6. The summed E-state index contributed by atoms with van der Waals surface area (Å²) in [5.74, 6) is -0.280. The largest absolute Gasteiger partial charge is 0.310 e. The Morgan fingerprint density at radius 1 is 1.15 bits per heavy atom. The molecule has 100 valence electrons. The van der Waals surface area contributed by atoms with Gasteiger partial charge in [0.05, 0.1) is 11.3 Å². The summed E-state index contributed by atoms with van der Waals surface area (Å²) in [6.07, 6.45) is 0. The minimum Gasteiger partial charge on any atom is -0.310 e. The molecule has 2 aromatic carbocycles. The Bertz CT molecular complexity index is 687. The Hall–Kier alpha value is -2.02. The van der Waals surface area contributed by atoms with Gasteiger partial charge >= 0.3 is 0 Å². The molecular formula is C15H10Cl2N2O. The Labute approximate surface area is 127 Å². The molecule has 0 unspecified atom stereocenters. The van der Waals surface area contributed by atoms with E-state index in [1.165, 1.54) is 4.90 Å². The van der Waals surface area contributed by atoms with Crippen molar-refractivity contribution >= 4 is 34.8 Å². The van der Waals surface area contributed by atoms with Gasteiger partial charge in [0.15, 0.2) is 0 Å². The maximum Gasteiger partial charge on any atom is 0.258 e. The normalized spacial score (nSPS) is 9.90. The average Bonchev–Trinajstić information content (AvgIpc) is 2.44. The smallest absolute Gasteiger partial charge is 0.258 e. The van der Waals surface area contributed by atoms with Gasteiger partial charge in [-0.1, -0.05) is 35.3 Å². The molecule has 0 saturated carbocycles. The van der Waals surface area contributed by atoms with E-state index in [4.69, 9.17) is 28.5 Å². The van der Waals surface area contributed by atoms with Gasteiger partial charge < -0.3 is 4.90 Å². The maximum atomic E-state index is 12.4. The number of para-hydroxylation sites is 1. The molecule has 0 saturated heterocycles. The molecule has 0 bridgehead atoms. The third kappa shape index (κ3) is 2.93. The summed E-state index contributed by atoms with van der Waals surface area (Å²) in [5.41, 5.74) is 1.34. The third-order valence-corrected chi connectivity index (χ3v) is 3.24. The van der Waals surface area contributed by atoms with Crippen LogP contribution in [0.2, 0.25) is 10.0 Å². The molecule has 2 aromatic rings. The van der Waals surface area contributed by atoms with E-state index in [0.717, 1.165) is 0 Å². The molecule has 20 heavy (non-hydrogen) atoms. The molecule has 0 fully saturated rings. The van der Waals surface area contributed by atoms with E-state index in [1.807, 2.05) is 0 Å². The van der Waals surface area contributed by atoms with E-state index in [9.17, 15) is 4.79 Å². The number of hydrogen-bond acceptors (Lipinski definition) is 2. The van der Waals surface area contributed by atoms with Crippen LogP contribution in [0.5, 0.6) is 0 Å². The van der Waals surface area contributed by atoms with E-state index >= 15 is 0 Å². The van der Waals surface area contributed by atoms with Gasteiger partial charge in [-0.05, 0) is 30.3 Å². The van der Waals surface area contributed by atoms with Gasteiger partial charge in [0, 0.05) is 22.7 Å². The van der Waals surface area contributed by atoms with Gasteiger partial charge in [-0.25, -0.2) is 0 Å². The predicted octanol–water partition coefficient (Wildman–Crippen LogP) is 4.14. The molecule has 0 spiro atoms. The minimum atomic E-state index is -0.280. The number of hydrogen-bond donors (Lipinski definition) is 0. The quantitative estimate of drug-likeness (QED) is 0.837. The zero-order valence-electron chi connectivity index (χ0n) is 10.6. The summed E-state index contributed by atoms with van der Waals surface area (Å²) < 4.78 is 0. The molecule has 0 N–H and O–H groups in total. The number of carbonyl (C=O) groups excluding carboxylic acids is 1. The van der Waals surface area contributed by atoms with E-state index in [1.54, 1.807) is 49.5 Å². The Kier molecular flexibility index (Phi) is 4.29. The highest BCUT2D eigenvalue weighted by molar-refractivity contribution is 6.35. The van der Waals surface area contributed by atoms with Crippen molar-refractivity contribution in [2.75, 3.05) is 11.9 Å². The lowest BCUT2D eigenvalue weighted by molar-refractivity contribution is 0.0993. The third-order valence-electron chi connectivity index (χ3n) is 2.80. The summed E-state index contributed by atoms with van der Waals surface area (Å²) in [4.78, 5) is 13.8. The zero-order chi connectivity index (χ0) is 14.7. The van der Waals surface area contributed by atoms with E-state index < -0.39 is 0 Å².